The largest absolute Gasteiger partial charge is 0.338 e. The second-order valence-electron chi connectivity index (χ2n) is 5.98. The van der Waals surface area contributed by atoms with Crippen LogP contribution in [-0.2, 0) is 17.9 Å². The number of hydrogen-bond donors (Lipinski definition) is 0. The van der Waals surface area contributed by atoms with Gasteiger partial charge in [0, 0.05) is 49.4 Å². The van der Waals surface area contributed by atoms with Crippen LogP contribution >= 0.6 is 11.5 Å². The number of likely N-dealkylation sites (tertiary alicyclic amines) is 1. The number of rotatable bonds is 5. The fourth-order valence-corrected chi connectivity index (χ4v) is 3.65. The molecule has 3 heterocycles. The summed E-state index contributed by atoms with van der Waals surface area (Å²) in [4.78, 5) is 18.3. The van der Waals surface area contributed by atoms with Gasteiger partial charge in [-0.25, -0.2) is 9.36 Å². The first-order valence-corrected chi connectivity index (χ1v) is 8.90. The predicted octanol–water partition coefficient (Wildman–Crippen LogP) is 3.18. The molecule has 1 aromatic carbocycles. The molecule has 122 valence electrons. The number of benzene rings is 1. The Morgan fingerprint density at radius 3 is 2.71 bits per heavy atom. The smallest absolute Gasteiger partial charge is 0.222 e. The summed E-state index contributed by atoms with van der Waals surface area (Å²) >= 11 is 1.43. The van der Waals surface area contributed by atoms with Crippen LogP contribution in [0, 0.1) is 0 Å². The van der Waals surface area contributed by atoms with E-state index in [1.807, 2.05) is 41.0 Å². The third-order valence-corrected chi connectivity index (χ3v) is 4.98. The Morgan fingerprint density at radius 1 is 1.17 bits per heavy atom. The number of imidazole rings is 1. The molecule has 5 nitrogen and oxygen atoms in total. The molecule has 2 aromatic heterocycles. The van der Waals surface area contributed by atoms with Crippen LogP contribution in [0.5, 0.6) is 0 Å². The maximum absolute atomic E-state index is 11.9. The molecule has 0 unspecified atom stereocenters. The van der Waals surface area contributed by atoms with E-state index in [9.17, 15) is 4.79 Å². The molecule has 0 bridgehead atoms. The molecule has 0 radical (unpaired) electrons. The molecule has 1 saturated heterocycles. The lowest BCUT2D eigenvalue weighted by atomic mass is 10.1. The molecular formula is C18H18N4OS. The Morgan fingerprint density at radius 2 is 2.00 bits per heavy atom. The molecule has 0 spiro atoms. The summed E-state index contributed by atoms with van der Waals surface area (Å²) in [5.74, 6) is 1.19. The highest BCUT2D eigenvalue weighted by atomic mass is 32.1. The molecule has 0 saturated carbocycles. The Labute approximate surface area is 144 Å². The molecule has 6 heteroatoms. The first-order valence-electron chi connectivity index (χ1n) is 8.07. The normalized spacial score (nSPS) is 14.5. The molecule has 0 N–H and O–H groups in total. The topological polar surface area (TPSA) is 51.0 Å². The van der Waals surface area contributed by atoms with Crippen molar-refractivity contribution in [2.24, 2.45) is 0 Å². The van der Waals surface area contributed by atoms with E-state index in [1.54, 1.807) is 0 Å². The monoisotopic (exact) mass is 338 g/mol. The van der Waals surface area contributed by atoms with E-state index in [2.05, 4.69) is 26.1 Å². The first-order chi connectivity index (χ1) is 11.8. The summed E-state index contributed by atoms with van der Waals surface area (Å²) in [6.45, 7) is 2.30. The van der Waals surface area contributed by atoms with E-state index in [0.717, 1.165) is 30.9 Å². The van der Waals surface area contributed by atoms with Gasteiger partial charge in [0.25, 0.3) is 0 Å². The maximum atomic E-state index is 11.9. The average Bonchev–Trinajstić information content (AvgIpc) is 3.32. The summed E-state index contributed by atoms with van der Waals surface area (Å²) in [5.41, 5.74) is 3.47. The van der Waals surface area contributed by atoms with E-state index in [-0.39, 0.29) is 5.91 Å². The highest BCUT2D eigenvalue weighted by Crippen LogP contribution is 2.22. The van der Waals surface area contributed by atoms with Crippen molar-refractivity contribution in [3.8, 4) is 11.4 Å². The first kappa shape index (κ1) is 15.1. The number of amides is 1. The maximum Gasteiger partial charge on any atom is 0.222 e. The van der Waals surface area contributed by atoms with Gasteiger partial charge < -0.3 is 9.47 Å². The van der Waals surface area contributed by atoms with Crippen molar-refractivity contribution in [2.75, 3.05) is 6.54 Å². The number of nitrogens with zero attached hydrogens (tertiary/aromatic N) is 4. The highest BCUT2D eigenvalue weighted by Gasteiger charge is 2.21. The van der Waals surface area contributed by atoms with Gasteiger partial charge in [-0.15, -0.1) is 0 Å². The second-order valence-corrected chi connectivity index (χ2v) is 6.64. The number of carbonyl (C=O) groups excluding carboxylic acids is 1. The van der Waals surface area contributed by atoms with Crippen molar-refractivity contribution in [3.63, 3.8) is 0 Å². The zero-order valence-corrected chi connectivity index (χ0v) is 14.1. The molecule has 1 fully saturated rings. The Balaban J connectivity index is 1.60. The van der Waals surface area contributed by atoms with E-state index < -0.39 is 0 Å². The molecule has 24 heavy (non-hydrogen) atoms. The lowest BCUT2D eigenvalue weighted by Crippen LogP contribution is -2.24. The van der Waals surface area contributed by atoms with E-state index in [0.29, 0.717) is 13.0 Å². The van der Waals surface area contributed by atoms with E-state index in [4.69, 9.17) is 0 Å². The van der Waals surface area contributed by atoms with Crippen LogP contribution in [0.25, 0.3) is 11.4 Å². The van der Waals surface area contributed by atoms with Gasteiger partial charge in [0.1, 0.15) is 5.82 Å². The van der Waals surface area contributed by atoms with Gasteiger partial charge in [-0.1, -0.05) is 24.3 Å². The summed E-state index contributed by atoms with van der Waals surface area (Å²) in [5, 5.41) is 2.01. The number of aromatic nitrogens is 3. The van der Waals surface area contributed by atoms with Gasteiger partial charge in [-0.3, -0.25) is 4.79 Å². The van der Waals surface area contributed by atoms with E-state index >= 15 is 0 Å². The van der Waals surface area contributed by atoms with Crippen molar-refractivity contribution in [1.82, 2.24) is 18.8 Å². The fourth-order valence-electron chi connectivity index (χ4n) is 3.14. The summed E-state index contributed by atoms with van der Waals surface area (Å²) in [6.07, 6.45) is 7.31. The van der Waals surface area contributed by atoms with Gasteiger partial charge in [-0.2, -0.15) is 0 Å². The number of carbonyl (C=O) groups is 1. The van der Waals surface area contributed by atoms with Crippen molar-refractivity contribution in [2.45, 2.75) is 25.9 Å². The van der Waals surface area contributed by atoms with Gasteiger partial charge in [-0.05, 0) is 29.1 Å². The highest BCUT2D eigenvalue weighted by molar-refractivity contribution is 7.03. The molecule has 3 aromatic rings. The third-order valence-electron chi connectivity index (χ3n) is 4.40. The zero-order valence-electron chi connectivity index (χ0n) is 13.3. The summed E-state index contributed by atoms with van der Waals surface area (Å²) < 4.78 is 6.30. The van der Waals surface area contributed by atoms with Crippen LogP contribution in [0.3, 0.4) is 0 Å². The minimum atomic E-state index is 0.262. The minimum Gasteiger partial charge on any atom is -0.338 e. The second kappa shape index (κ2) is 6.57. The standard InChI is InChI=1S/C18H18N4OS/c23-17-6-3-8-21(17)11-14-4-1-2-5-15(14)12-22-9-7-19-18(22)16-10-20-24-13-16/h1-2,4-5,7,9-10,13H,3,6,8,11-12H2. The molecule has 0 atom stereocenters. The zero-order chi connectivity index (χ0) is 16.4. The van der Waals surface area contributed by atoms with Crippen LogP contribution in [0.2, 0.25) is 0 Å². The quantitative estimate of drug-likeness (QED) is 0.718. The Bertz CT molecular complexity index is 840. The molecule has 0 aliphatic carbocycles. The SMILES string of the molecule is O=C1CCCN1Cc1ccccc1Cn1ccnc1-c1cnsc1. The third kappa shape index (κ3) is 2.97. The van der Waals surface area contributed by atoms with Crippen molar-refractivity contribution in [3.05, 3.63) is 59.4 Å². The Kier molecular flexibility index (Phi) is 4.13. The van der Waals surface area contributed by atoms with Crippen molar-refractivity contribution >= 4 is 17.4 Å². The lowest BCUT2D eigenvalue weighted by molar-refractivity contribution is -0.128. The number of hydrogen-bond acceptors (Lipinski definition) is 4. The van der Waals surface area contributed by atoms with E-state index in [1.165, 1.54) is 22.7 Å². The van der Waals surface area contributed by atoms with Crippen LogP contribution in [0.1, 0.15) is 24.0 Å². The molecular weight excluding hydrogens is 320 g/mol. The molecule has 1 aliphatic rings. The molecule has 1 amide bonds. The Hall–Kier alpha value is -2.47. The van der Waals surface area contributed by atoms with Gasteiger partial charge in [0.05, 0.1) is 6.20 Å². The van der Waals surface area contributed by atoms with Crippen molar-refractivity contribution < 1.29 is 4.79 Å². The van der Waals surface area contributed by atoms with Gasteiger partial charge in [0.15, 0.2) is 0 Å². The van der Waals surface area contributed by atoms with Crippen molar-refractivity contribution in [1.29, 1.82) is 0 Å². The summed E-state index contributed by atoms with van der Waals surface area (Å²) in [6, 6.07) is 8.33. The molecule has 4 rings (SSSR count). The minimum absolute atomic E-state index is 0.262. The van der Waals surface area contributed by atoms with Crippen LogP contribution in [0.4, 0.5) is 0 Å². The lowest BCUT2D eigenvalue weighted by Gasteiger charge is -2.18. The van der Waals surface area contributed by atoms with Gasteiger partial charge in [0.2, 0.25) is 5.91 Å². The predicted molar refractivity (Wildman–Crippen MR) is 93.5 cm³/mol. The van der Waals surface area contributed by atoms with Gasteiger partial charge >= 0.3 is 0 Å². The van der Waals surface area contributed by atoms with Crippen LogP contribution in [0.15, 0.2) is 48.2 Å². The van der Waals surface area contributed by atoms with Crippen LogP contribution < -0.4 is 0 Å². The average molecular weight is 338 g/mol. The fraction of sp³-hybridized carbons (Fsp3) is 0.278. The summed E-state index contributed by atoms with van der Waals surface area (Å²) in [7, 11) is 0. The molecule has 1 aliphatic heterocycles. The van der Waals surface area contributed by atoms with Crippen LogP contribution in [-0.4, -0.2) is 31.3 Å².